The Kier molecular flexibility index (Phi) is 8.64. The van der Waals surface area contributed by atoms with Crippen molar-refractivity contribution in [1.82, 2.24) is 9.88 Å². The minimum atomic E-state index is -5.17. The molecule has 2 amide bonds. The summed E-state index contributed by atoms with van der Waals surface area (Å²) in [6.07, 6.45) is -5.17. The van der Waals surface area contributed by atoms with Crippen LogP contribution in [0, 0.1) is 16.0 Å². The standard InChI is InChI=1S/C26H23F3N4O6/c1-15(2)22(23(35)26(27,28)29)31-21(34)14-32-20(16-6-4-3-5-7-16)13-12-19(25(32)37)30-24(36)17-8-10-18(11-9-17)33(38)39/h3-13,15,22H,14H2,1-2H3,(H,30,36)(H,31,34). The fourth-order valence-electron chi connectivity index (χ4n) is 3.69. The van der Waals surface area contributed by atoms with E-state index in [9.17, 15) is 42.5 Å². The molecular formula is C26H23F3N4O6. The highest BCUT2D eigenvalue weighted by molar-refractivity contribution is 6.04. The van der Waals surface area contributed by atoms with Crippen molar-refractivity contribution in [3.05, 3.63) is 92.8 Å². The Balaban J connectivity index is 1.95. The first-order chi connectivity index (χ1) is 18.3. The van der Waals surface area contributed by atoms with Crippen molar-refractivity contribution in [1.29, 1.82) is 0 Å². The van der Waals surface area contributed by atoms with Gasteiger partial charge in [0.05, 0.1) is 16.7 Å². The maximum atomic E-state index is 13.4. The SMILES string of the molecule is CC(C)C(NC(=O)Cn1c(-c2ccccc2)ccc(NC(=O)c2ccc([N+](=O)[O-])cc2)c1=O)C(=O)C(F)(F)F. The number of benzene rings is 2. The van der Waals surface area contributed by atoms with Crippen LogP contribution in [0.4, 0.5) is 24.5 Å². The molecule has 0 aliphatic heterocycles. The number of amides is 2. The quantitative estimate of drug-likeness (QED) is 0.309. The highest BCUT2D eigenvalue weighted by atomic mass is 19.4. The number of anilines is 1. The second-order valence-corrected chi connectivity index (χ2v) is 8.80. The Labute approximate surface area is 219 Å². The molecule has 1 unspecified atom stereocenters. The van der Waals surface area contributed by atoms with Crippen molar-refractivity contribution in [2.24, 2.45) is 5.92 Å². The molecule has 0 aliphatic rings. The van der Waals surface area contributed by atoms with Gasteiger partial charge in [-0.05, 0) is 35.7 Å². The van der Waals surface area contributed by atoms with E-state index in [4.69, 9.17) is 0 Å². The van der Waals surface area contributed by atoms with Crippen LogP contribution in [0.2, 0.25) is 0 Å². The van der Waals surface area contributed by atoms with Gasteiger partial charge in [-0.15, -0.1) is 0 Å². The van der Waals surface area contributed by atoms with Gasteiger partial charge in [-0.2, -0.15) is 13.2 Å². The first-order valence-electron chi connectivity index (χ1n) is 11.5. The van der Waals surface area contributed by atoms with Gasteiger partial charge in [0.2, 0.25) is 5.91 Å². The summed E-state index contributed by atoms with van der Waals surface area (Å²) in [6, 6.07) is 13.8. The molecule has 0 saturated carbocycles. The number of nitro groups is 1. The fourth-order valence-corrected chi connectivity index (χ4v) is 3.69. The number of nitrogens with one attached hydrogen (secondary N) is 2. The predicted octanol–water partition coefficient (Wildman–Crippen LogP) is 3.95. The third-order valence-electron chi connectivity index (χ3n) is 5.68. The van der Waals surface area contributed by atoms with Crippen LogP contribution in [0.15, 0.2) is 71.5 Å². The third kappa shape index (κ3) is 6.94. The average molecular weight is 544 g/mol. The molecular weight excluding hydrogens is 521 g/mol. The normalized spacial score (nSPS) is 12.1. The van der Waals surface area contributed by atoms with Gasteiger partial charge in [0.1, 0.15) is 12.2 Å². The highest BCUT2D eigenvalue weighted by Gasteiger charge is 2.45. The van der Waals surface area contributed by atoms with Crippen LogP contribution in [0.25, 0.3) is 11.3 Å². The number of hydrogen-bond acceptors (Lipinski definition) is 6. The van der Waals surface area contributed by atoms with Crippen LogP contribution in [-0.4, -0.2) is 39.3 Å². The zero-order chi connectivity index (χ0) is 28.9. The number of alkyl halides is 3. The van der Waals surface area contributed by atoms with Crippen LogP contribution in [0.1, 0.15) is 24.2 Å². The van der Waals surface area contributed by atoms with Crippen LogP contribution in [0.5, 0.6) is 0 Å². The smallest absolute Gasteiger partial charge is 0.344 e. The summed E-state index contributed by atoms with van der Waals surface area (Å²) < 4.78 is 40.1. The molecule has 2 aromatic carbocycles. The third-order valence-corrected chi connectivity index (χ3v) is 5.68. The molecule has 0 saturated heterocycles. The summed E-state index contributed by atoms with van der Waals surface area (Å²) in [7, 11) is 0. The van der Waals surface area contributed by atoms with E-state index >= 15 is 0 Å². The summed E-state index contributed by atoms with van der Waals surface area (Å²) in [5, 5.41) is 15.3. The maximum absolute atomic E-state index is 13.4. The molecule has 3 aromatic rings. The van der Waals surface area contributed by atoms with Gasteiger partial charge in [-0.1, -0.05) is 44.2 Å². The number of Topliss-reactive ketones (excluding diaryl/α,β-unsaturated/α-hetero) is 1. The molecule has 39 heavy (non-hydrogen) atoms. The van der Waals surface area contributed by atoms with Crippen molar-refractivity contribution in [2.45, 2.75) is 32.6 Å². The van der Waals surface area contributed by atoms with Crippen LogP contribution in [-0.2, 0) is 16.1 Å². The molecule has 10 nitrogen and oxygen atoms in total. The van der Waals surface area contributed by atoms with Crippen LogP contribution >= 0.6 is 0 Å². The van der Waals surface area contributed by atoms with E-state index in [2.05, 4.69) is 10.6 Å². The lowest BCUT2D eigenvalue weighted by Gasteiger charge is -2.23. The van der Waals surface area contributed by atoms with Gasteiger partial charge in [0.15, 0.2) is 0 Å². The molecule has 3 rings (SSSR count). The molecule has 13 heteroatoms. The Bertz CT molecular complexity index is 1450. The Hall–Kier alpha value is -4.81. The molecule has 0 fully saturated rings. The van der Waals surface area contributed by atoms with E-state index in [1.807, 2.05) is 0 Å². The molecule has 0 radical (unpaired) electrons. The predicted molar refractivity (Wildman–Crippen MR) is 135 cm³/mol. The Morgan fingerprint density at radius 3 is 2.13 bits per heavy atom. The van der Waals surface area contributed by atoms with E-state index in [1.165, 1.54) is 38.1 Å². The largest absolute Gasteiger partial charge is 0.452 e. The number of halogens is 3. The van der Waals surface area contributed by atoms with E-state index in [0.717, 1.165) is 16.7 Å². The number of rotatable bonds is 9. The summed E-state index contributed by atoms with van der Waals surface area (Å²) in [6.45, 7) is 1.92. The number of nitrogens with zero attached hydrogens (tertiary/aromatic N) is 2. The number of carbonyl (C=O) groups is 3. The fraction of sp³-hybridized carbons (Fsp3) is 0.231. The zero-order valence-corrected chi connectivity index (χ0v) is 20.7. The first kappa shape index (κ1) is 28.8. The lowest BCUT2D eigenvalue weighted by molar-refractivity contribution is -0.384. The maximum Gasteiger partial charge on any atom is 0.452 e. The lowest BCUT2D eigenvalue weighted by atomic mass is 9.99. The molecule has 204 valence electrons. The van der Waals surface area contributed by atoms with E-state index in [1.54, 1.807) is 30.3 Å². The minimum Gasteiger partial charge on any atom is -0.344 e. The average Bonchev–Trinajstić information content (AvgIpc) is 2.89. The number of pyridine rings is 1. The molecule has 1 heterocycles. The molecule has 1 aromatic heterocycles. The summed E-state index contributed by atoms with van der Waals surface area (Å²) in [4.78, 5) is 60.9. The Morgan fingerprint density at radius 2 is 1.59 bits per heavy atom. The van der Waals surface area contributed by atoms with Gasteiger partial charge in [0, 0.05) is 17.7 Å². The summed E-state index contributed by atoms with van der Waals surface area (Å²) in [5.74, 6) is -4.79. The summed E-state index contributed by atoms with van der Waals surface area (Å²) >= 11 is 0. The highest BCUT2D eigenvalue weighted by Crippen LogP contribution is 2.22. The van der Waals surface area contributed by atoms with Crippen LogP contribution < -0.4 is 16.2 Å². The molecule has 0 aliphatic carbocycles. The lowest BCUT2D eigenvalue weighted by Crippen LogP contribution is -2.50. The Morgan fingerprint density at radius 1 is 0.974 bits per heavy atom. The number of hydrogen-bond donors (Lipinski definition) is 2. The number of aromatic nitrogens is 1. The van der Waals surface area contributed by atoms with Crippen molar-refractivity contribution in [3.8, 4) is 11.3 Å². The van der Waals surface area contributed by atoms with Crippen molar-refractivity contribution in [2.75, 3.05) is 5.32 Å². The zero-order valence-electron chi connectivity index (χ0n) is 20.7. The topological polar surface area (TPSA) is 140 Å². The number of carbonyl (C=O) groups excluding carboxylic acids is 3. The van der Waals surface area contributed by atoms with E-state index in [0.29, 0.717) is 5.56 Å². The van der Waals surface area contributed by atoms with E-state index in [-0.39, 0.29) is 22.6 Å². The number of ketones is 1. The number of nitro benzene ring substituents is 1. The minimum absolute atomic E-state index is 0.0156. The number of non-ortho nitro benzene ring substituents is 1. The summed E-state index contributed by atoms with van der Waals surface area (Å²) in [5.41, 5.74) is -0.588. The molecule has 0 spiro atoms. The molecule has 1 atom stereocenters. The molecule has 0 bridgehead atoms. The van der Waals surface area contributed by atoms with Crippen molar-refractivity contribution < 1.29 is 32.5 Å². The van der Waals surface area contributed by atoms with Crippen LogP contribution in [0.3, 0.4) is 0 Å². The van der Waals surface area contributed by atoms with Crippen molar-refractivity contribution >= 4 is 29.0 Å². The second kappa shape index (κ2) is 11.7. The molecule has 2 N–H and O–H groups in total. The first-order valence-corrected chi connectivity index (χ1v) is 11.5. The second-order valence-electron chi connectivity index (χ2n) is 8.80. The van der Waals surface area contributed by atoms with Gasteiger partial charge in [0.25, 0.3) is 22.9 Å². The van der Waals surface area contributed by atoms with Gasteiger partial charge >= 0.3 is 6.18 Å². The van der Waals surface area contributed by atoms with Crippen molar-refractivity contribution in [3.63, 3.8) is 0 Å². The van der Waals surface area contributed by atoms with Gasteiger partial charge in [-0.25, -0.2) is 0 Å². The monoisotopic (exact) mass is 544 g/mol. The van der Waals surface area contributed by atoms with E-state index < -0.39 is 52.8 Å². The van der Waals surface area contributed by atoms with Gasteiger partial charge < -0.3 is 10.6 Å². The van der Waals surface area contributed by atoms with Gasteiger partial charge in [-0.3, -0.25) is 33.9 Å².